The van der Waals surface area contributed by atoms with Gasteiger partial charge in [-0.1, -0.05) is 36.4 Å². The van der Waals surface area contributed by atoms with Gasteiger partial charge in [-0.05, 0) is 36.8 Å². The van der Waals surface area contributed by atoms with Crippen molar-refractivity contribution in [2.45, 2.75) is 6.42 Å². The summed E-state index contributed by atoms with van der Waals surface area (Å²) in [7, 11) is 1.64. The Balaban J connectivity index is 1.31. The molecule has 1 atom stereocenters. The molecule has 6 nitrogen and oxygen atoms in total. The Labute approximate surface area is 188 Å². The van der Waals surface area contributed by atoms with Crippen molar-refractivity contribution in [1.82, 2.24) is 10.3 Å². The van der Waals surface area contributed by atoms with Crippen LogP contribution in [0.3, 0.4) is 0 Å². The van der Waals surface area contributed by atoms with Crippen LogP contribution < -0.4 is 19.5 Å². The van der Waals surface area contributed by atoms with E-state index in [9.17, 15) is 5.11 Å². The summed E-state index contributed by atoms with van der Waals surface area (Å²) < 4.78 is 17.4. The van der Waals surface area contributed by atoms with Crippen molar-refractivity contribution in [3.63, 3.8) is 0 Å². The first-order valence-corrected chi connectivity index (χ1v) is 11.0. The maximum Gasteiger partial charge on any atom is 0.161 e. The molecule has 0 radical (unpaired) electrons. The minimum absolute atomic E-state index is 0.130. The van der Waals surface area contributed by atoms with Gasteiger partial charge in [0.05, 0.1) is 19.2 Å². The van der Waals surface area contributed by atoms with Gasteiger partial charge in [-0.15, -0.1) is 0 Å². The summed E-state index contributed by atoms with van der Waals surface area (Å²) in [5.41, 5.74) is 2.16. The first kappa shape index (κ1) is 22.0. The van der Waals surface area contributed by atoms with Crippen LogP contribution in [-0.4, -0.2) is 50.1 Å². The molecule has 6 heteroatoms. The van der Waals surface area contributed by atoms with Crippen LogP contribution in [0.1, 0.15) is 6.42 Å². The van der Waals surface area contributed by atoms with Crippen LogP contribution in [0.4, 0.5) is 0 Å². The lowest BCUT2D eigenvalue weighted by Crippen LogP contribution is -2.30. The number of para-hydroxylation sites is 3. The van der Waals surface area contributed by atoms with Crippen LogP contribution in [0, 0.1) is 5.92 Å². The average molecular weight is 435 g/mol. The molecule has 0 fully saturated rings. The van der Waals surface area contributed by atoms with E-state index >= 15 is 0 Å². The topological polar surface area (TPSA) is 75.7 Å². The van der Waals surface area contributed by atoms with E-state index in [0.29, 0.717) is 26.2 Å². The number of ether oxygens (including phenoxy) is 3. The summed E-state index contributed by atoms with van der Waals surface area (Å²) >= 11 is 0. The van der Waals surface area contributed by atoms with E-state index in [-0.39, 0.29) is 12.5 Å². The SMILES string of the molecule is COc1ccccc1OCCNCC(CCO)COc1cccc2[nH]c3ccccc3c12. The molecule has 0 spiro atoms. The van der Waals surface area contributed by atoms with Crippen molar-refractivity contribution in [1.29, 1.82) is 0 Å². The highest BCUT2D eigenvalue weighted by Crippen LogP contribution is 2.33. The Morgan fingerprint density at radius 3 is 2.47 bits per heavy atom. The minimum Gasteiger partial charge on any atom is -0.493 e. The molecule has 168 valence electrons. The number of hydrogen-bond acceptors (Lipinski definition) is 5. The van der Waals surface area contributed by atoms with Crippen LogP contribution in [0.25, 0.3) is 21.8 Å². The van der Waals surface area contributed by atoms with Crippen LogP contribution in [0.15, 0.2) is 66.7 Å². The Bertz CT molecular complexity index is 1140. The summed E-state index contributed by atoms with van der Waals surface area (Å²) in [5.74, 6) is 2.51. The molecule has 1 aromatic heterocycles. The zero-order valence-corrected chi connectivity index (χ0v) is 18.3. The molecular formula is C26H30N2O4. The molecule has 32 heavy (non-hydrogen) atoms. The molecule has 4 aromatic rings. The molecule has 0 amide bonds. The largest absolute Gasteiger partial charge is 0.493 e. The number of H-pyrrole nitrogens is 1. The van der Waals surface area contributed by atoms with Gasteiger partial charge in [-0.3, -0.25) is 0 Å². The summed E-state index contributed by atoms with van der Waals surface area (Å²) in [6.45, 7) is 2.61. The molecule has 0 aliphatic rings. The van der Waals surface area contributed by atoms with Crippen molar-refractivity contribution < 1.29 is 19.3 Å². The van der Waals surface area contributed by atoms with Crippen LogP contribution in [0.2, 0.25) is 0 Å². The van der Waals surface area contributed by atoms with Gasteiger partial charge in [0.1, 0.15) is 12.4 Å². The average Bonchev–Trinajstić information content (AvgIpc) is 3.22. The van der Waals surface area contributed by atoms with E-state index < -0.39 is 0 Å². The third-order valence-corrected chi connectivity index (χ3v) is 5.54. The van der Waals surface area contributed by atoms with Gasteiger partial charge in [0, 0.05) is 41.9 Å². The maximum absolute atomic E-state index is 9.50. The predicted octanol–water partition coefficient (Wildman–Crippen LogP) is 4.38. The first-order chi connectivity index (χ1) is 15.8. The number of aliphatic hydroxyl groups is 1. The van der Waals surface area contributed by atoms with E-state index in [1.807, 2.05) is 48.5 Å². The second-order valence-electron chi connectivity index (χ2n) is 7.74. The second kappa shape index (κ2) is 10.9. The second-order valence-corrected chi connectivity index (χ2v) is 7.74. The third kappa shape index (κ3) is 5.15. The van der Waals surface area contributed by atoms with Crippen LogP contribution in [-0.2, 0) is 0 Å². The number of aromatic nitrogens is 1. The van der Waals surface area contributed by atoms with Gasteiger partial charge in [0.15, 0.2) is 11.5 Å². The predicted molar refractivity (Wildman–Crippen MR) is 128 cm³/mol. The standard InChI is InChI=1S/C26H30N2O4/c1-30-23-10-4-5-11-24(23)31-16-14-27-17-19(13-15-29)18-32-25-12-6-9-22-26(25)20-7-2-3-8-21(20)28-22/h2-12,19,27-29H,13-18H2,1H3. The van der Waals surface area contributed by atoms with E-state index in [1.54, 1.807) is 7.11 Å². The van der Waals surface area contributed by atoms with Crippen molar-refractivity contribution in [2.24, 2.45) is 5.92 Å². The van der Waals surface area contributed by atoms with E-state index in [0.717, 1.165) is 45.6 Å². The number of rotatable bonds is 12. The van der Waals surface area contributed by atoms with Gasteiger partial charge in [0.2, 0.25) is 0 Å². The van der Waals surface area contributed by atoms with Crippen molar-refractivity contribution in [2.75, 3.05) is 40.0 Å². The summed E-state index contributed by atoms with van der Waals surface area (Å²) in [4.78, 5) is 3.45. The zero-order chi connectivity index (χ0) is 22.2. The number of aromatic amines is 1. The molecule has 3 N–H and O–H groups in total. The van der Waals surface area contributed by atoms with Crippen LogP contribution >= 0.6 is 0 Å². The molecule has 4 rings (SSSR count). The highest BCUT2D eigenvalue weighted by Gasteiger charge is 2.13. The van der Waals surface area contributed by atoms with E-state index in [2.05, 4.69) is 28.5 Å². The van der Waals surface area contributed by atoms with Crippen LogP contribution in [0.5, 0.6) is 17.2 Å². The fourth-order valence-electron chi connectivity index (χ4n) is 3.90. The Kier molecular flexibility index (Phi) is 7.48. The van der Waals surface area contributed by atoms with E-state index in [1.165, 1.54) is 0 Å². The number of fused-ring (bicyclic) bond motifs is 3. The van der Waals surface area contributed by atoms with Gasteiger partial charge in [-0.2, -0.15) is 0 Å². The number of nitrogens with one attached hydrogen (secondary N) is 2. The monoisotopic (exact) mass is 434 g/mol. The highest BCUT2D eigenvalue weighted by molar-refractivity contribution is 6.10. The Morgan fingerprint density at radius 2 is 1.62 bits per heavy atom. The maximum atomic E-state index is 9.50. The summed E-state index contributed by atoms with van der Waals surface area (Å²) in [6, 6.07) is 21.9. The number of aliphatic hydroxyl groups excluding tert-OH is 1. The quantitative estimate of drug-likeness (QED) is 0.289. The molecule has 3 aromatic carbocycles. The summed E-state index contributed by atoms with van der Waals surface area (Å²) in [5, 5.41) is 15.2. The van der Waals surface area contributed by atoms with Crippen molar-refractivity contribution >= 4 is 21.8 Å². The zero-order valence-electron chi connectivity index (χ0n) is 18.3. The van der Waals surface area contributed by atoms with Gasteiger partial charge in [0.25, 0.3) is 0 Å². The molecule has 0 aliphatic heterocycles. The highest BCUT2D eigenvalue weighted by atomic mass is 16.5. The normalized spacial score (nSPS) is 12.2. The molecule has 0 aliphatic carbocycles. The molecule has 0 bridgehead atoms. The number of benzene rings is 3. The molecular weight excluding hydrogens is 404 g/mol. The number of hydrogen-bond donors (Lipinski definition) is 3. The lowest BCUT2D eigenvalue weighted by molar-refractivity contribution is 0.193. The molecule has 0 saturated carbocycles. The van der Waals surface area contributed by atoms with Gasteiger partial charge < -0.3 is 29.6 Å². The summed E-state index contributed by atoms with van der Waals surface area (Å²) in [6.07, 6.45) is 0.671. The molecule has 1 unspecified atom stereocenters. The molecule has 1 heterocycles. The van der Waals surface area contributed by atoms with Gasteiger partial charge in [-0.25, -0.2) is 0 Å². The molecule has 0 saturated heterocycles. The lowest BCUT2D eigenvalue weighted by atomic mass is 10.1. The fourth-order valence-corrected chi connectivity index (χ4v) is 3.90. The number of methoxy groups -OCH3 is 1. The van der Waals surface area contributed by atoms with Crippen molar-refractivity contribution in [3.8, 4) is 17.2 Å². The minimum atomic E-state index is 0.130. The Hall–Kier alpha value is -3.22. The van der Waals surface area contributed by atoms with E-state index in [4.69, 9.17) is 14.2 Å². The van der Waals surface area contributed by atoms with Crippen molar-refractivity contribution in [3.05, 3.63) is 66.7 Å². The third-order valence-electron chi connectivity index (χ3n) is 5.54. The fraction of sp³-hybridized carbons (Fsp3) is 0.308. The Morgan fingerprint density at radius 1 is 0.875 bits per heavy atom. The first-order valence-electron chi connectivity index (χ1n) is 11.0. The lowest BCUT2D eigenvalue weighted by Gasteiger charge is -2.18. The van der Waals surface area contributed by atoms with Gasteiger partial charge >= 0.3 is 0 Å². The smallest absolute Gasteiger partial charge is 0.161 e.